The minimum Gasteiger partial charge on any atom is -0.496 e. The lowest BCUT2D eigenvalue weighted by molar-refractivity contribution is 0.0693. The van der Waals surface area contributed by atoms with Crippen molar-refractivity contribution in [1.82, 2.24) is 10.1 Å². The molecule has 0 radical (unpaired) electrons. The topological polar surface area (TPSA) is 85.5 Å². The van der Waals surface area contributed by atoms with Crippen LogP contribution in [0.25, 0.3) is 34.0 Å². The Bertz CT molecular complexity index is 1240. The van der Waals surface area contributed by atoms with Crippen LogP contribution in [-0.2, 0) is 0 Å². The maximum absolute atomic E-state index is 11.3. The normalized spacial score (nSPS) is 10.8. The Kier molecular flexibility index (Phi) is 5.06. The molecule has 4 rings (SSSR count). The lowest BCUT2D eigenvalue weighted by Gasteiger charge is -2.10. The number of carboxylic acid groups (broad SMARTS) is 1. The summed E-state index contributed by atoms with van der Waals surface area (Å²) in [5.41, 5.74) is 6.18. The highest BCUT2D eigenvalue weighted by atomic mass is 16.5. The van der Waals surface area contributed by atoms with Crippen molar-refractivity contribution in [2.24, 2.45) is 0 Å². The summed E-state index contributed by atoms with van der Waals surface area (Å²) in [4.78, 5) is 15.8. The van der Waals surface area contributed by atoms with Gasteiger partial charge in [-0.2, -0.15) is 4.98 Å². The van der Waals surface area contributed by atoms with Gasteiger partial charge in [-0.05, 0) is 66.4 Å². The number of nitrogens with zero attached hydrogens (tertiary/aromatic N) is 2. The zero-order valence-electron chi connectivity index (χ0n) is 16.8. The molecule has 6 heteroatoms. The van der Waals surface area contributed by atoms with Crippen LogP contribution in [0.15, 0.2) is 65.2 Å². The van der Waals surface area contributed by atoms with Crippen molar-refractivity contribution in [3.8, 4) is 39.7 Å². The first-order chi connectivity index (χ1) is 14.5. The van der Waals surface area contributed by atoms with Crippen molar-refractivity contribution < 1.29 is 19.2 Å². The number of methoxy groups -OCH3 is 1. The highest BCUT2D eigenvalue weighted by Crippen LogP contribution is 2.31. The summed E-state index contributed by atoms with van der Waals surface area (Å²) in [5, 5.41) is 13.3. The van der Waals surface area contributed by atoms with Crippen molar-refractivity contribution >= 4 is 5.97 Å². The standard InChI is InChI=1S/C24H20N2O4/c1-14-6-4-5-7-18(14)19-10-9-17(12-15(19)2)23-25-22(26-30-23)16-8-11-20(24(27)28)21(13-16)29-3/h4-13H,1-3H3,(H,27,28). The number of aryl methyl sites for hydroxylation is 2. The maximum Gasteiger partial charge on any atom is 0.339 e. The van der Waals surface area contributed by atoms with E-state index in [1.807, 2.05) is 24.3 Å². The van der Waals surface area contributed by atoms with Crippen molar-refractivity contribution in [2.45, 2.75) is 13.8 Å². The summed E-state index contributed by atoms with van der Waals surface area (Å²) in [6.45, 7) is 4.15. The molecule has 0 aliphatic carbocycles. The second-order valence-corrected chi connectivity index (χ2v) is 6.99. The Labute approximate surface area is 173 Å². The van der Waals surface area contributed by atoms with Gasteiger partial charge in [0.05, 0.1) is 7.11 Å². The van der Waals surface area contributed by atoms with Crippen LogP contribution in [0.4, 0.5) is 0 Å². The summed E-state index contributed by atoms with van der Waals surface area (Å²) in [6.07, 6.45) is 0. The Hall–Kier alpha value is -3.93. The molecule has 30 heavy (non-hydrogen) atoms. The lowest BCUT2D eigenvalue weighted by atomic mass is 9.95. The first-order valence-corrected chi connectivity index (χ1v) is 9.40. The molecule has 3 aromatic carbocycles. The third-order valence-corrected chi connectivity index (χ3v) is 5.02. The molecular weight excluding hydrogens is 380 g/mol. The van der Waals surface area contributed by atoms with Crippen molar-refractivity contribution in [3.63, 3.8) is 0 Å². The monoisotopic (exact) mass is 400 g/mol. The Morgan fingerprint density at radius 2 is 1.67 bits per heavy atom. The molecule has 0 unspecified atom stereocenters. The third-order valence-electron chi connectivity index (χ3n) is 5.02. The summed E-state index contributed by atoms with van der Waals surface area (Å²) in [7, 11) is 1.42. The first-order valence-electron chi connectivity index (χ1n) is 9.40. The van der Waals surface area contributed by atoms with Gasteiger partial charge in [0.1, 0.15) is 11.3 Å². The van der Waals surface area contributed by atoms with Gasteiger partial charge in [0, 0.05) is 11.1 Å². The number of rotatable bonds is 5. The average molecular weight is 400 g/mol. The molecule has 0 amide bonds. The number of carbonyl (C=O) groups is 1. The molecule has 0 saturated carbocycles. The first kappa shape index (κ1) is 19.4. The minimum atomic E-state index is -1.06. The van der Waals surface area contributed by atoms with Crippen LogP contribution in [0.5, 0.6) is 5.75 Å². The predicted molar refractivity (Wildman–Crippen MR) is 114 cm³/mol. The van der Waals surface area contributed by atoms with Gasteiger partial charge in [0.15, 0.2) is 0 Å². The van der Waals surface area contributed by atoms with Gasteiger partial charge in [0.25, 0.3) is 5.89 Å². The molecule has 0 spiro atoms. The number of ether oxygens (including phenoxy) is 1. The van der Waals surface area contributed by atoms with E-state index in [9.17, 15) is 9.90 Å². The van der Waals surface area contributed by atoms with Gasteiger partial charge in [-0.3, -0.25) is 0 Å². The Morgan fingerprint density at radius 3 is 2.37 bits per heavy atom. The molecule has 1 aromatic heterocycles. The predicted octanol–water partition coefficient (Wildman–Crippen LogP) is 5.39. The summed E-state index contributed by atoms with van der Waals surface area (Å²) < 4.78 is 10.6. The zero-order valence-corrected chi connectivity index (χ0v) is 16.8. The van der Waals surface area contributed by atoms with Gasteiger partial charge >= 0.3 is 5.97 Å². The van der Waals surface area contributed by atoms with E-state index in [1.165, 1.54) is 24.3 Å². The van der Waals surface area contributed by atoms with Crippen LogP contribution in [-0.4, -0.2) is 28.3 Å². The summed E-state index contributed by atoms with van der Waals surface area (Å²) >= 11 is 0. The Morgan fingerprint density at radius 1 is 0.933 bits per heavy atom. The van der Waals surface area contributed by atoms with Crippen molar-refractivity contribution in [3.05, 3.63) is 77.4 Å². The van der Waals surface area contributed by atoms with E-state index in [4.69, 9.17) is 9.26 Å². The van der Waals surface area contributed by atoms with E-state index < -0.39 is 5.97 Å². The summed E-state index contributed by atoms with van der Waals surface area (Å²) in [6, 6.07) is 19.0. The van der Waals surface area contributed by atoms with Gasteiger partial charge in [-0.25, -0.2) is 4.79 Å². The van der Waals surface area contributed by atoms with E-state index in [1.54, 1.807) is 12.1 Å². The van der Waals surface area contributed by atoms with E-state index >= 15 is 0 Å². The molecule has 6 nitrogen and oxygen atoms in total. The molecule has 0 bridgehead atoms. The number of hydrogen-bond acceptors (Lipinski definition) is 5. The fourth-order valence-electron chi connectivity index (χ4n) is 3.44. The van der Waals surface area contributed by atoms with Crippen LogP contribution in [0, 0.1) is 13.8 Å². The van der Waals surface area contributed by atoms with Crippen LogP contribution in [0.2, 0.25) is 0 Å². The molecule has 0 saturated heterocycles. The van der Waals surface area contributed by atoms with E-state index in [2.05, 4.69) is 42.2 Å². The second-order valence-electron chi connectivity index (χ2n) is 6.99. The molecule has 0 fully saturated rings. The zero-order chi connectivity index (χ0) is 21.3. The molecule has 0 aliphatic rings. The molecule has 150 valence electrons. The second kappa shape index (κ2) is 7.83. The SMILES string of the molecule is COc1cc(-c2noc(-c3ccc(-c4ccccc4C)c(C)c3)n2)ccc1C(=O)O. The molecule has 1 heterocycles. The molecule has 4 aromatic rings. The van der Waals surface area contributed by atoms with Crippen LogP contribution < -0.4 is 4.74 Å². The highest BCUT2D eigenvalue weighted by molar-refractivity contribution is 5.91. The van der Waals surface area contributed by atoms with Crippen molar-refractivity contribution in [2.75, 3.05) is 7.11 Å². The average Bonchev–Trinajstić information content (AvgIpc) is 3.24. The van der Waals surface area contributed by atoms with Crippen LogP contribution in [0.3, 0.4) is 0 Å². The number of hydrogen-bond donors (Lipinski definition) is 1. The number of carboxylic acids is 1. The fourth-order valence-corrected chi connectivity index (χ4v) is 3.44. The highest BCUT2D eigenvalue weighted by Gasteiger charge is 2.16. The Balaban J connectivity index is 1.67. The number of aromatic carboxylic acids is 1. The smallest absolute Gasteiger partial charge is 0.339 e. The van der Waals surface area contributed by atoms with E-state index in [0.717, 1.165) is 16.7 Å². The summed E-state index contributed by atoms with van der Waals surface area (Å²) in [5.74, 6) is -0.0622. The van der Waals surface area contributed by atoms with Gasteiger partial charge in [-0.1, -0.05) is 35.5 Å². The molecule has 0 aliphatic heterocycles. The van der Waals surface area contributed by atoms with Crippen LogP contribution in [0.1, 0.15) is 21.5 Å². The van der Waals surface area contributed by atoms with Gasteiger partial charge in [0.2, 0.25) is 5.82 Å². The third kappa shape index (κ3) is 3.55. The van der Waals surface area contributed by atoms with Gasteiger partial charge in [-0.15, -0.1) is 0 Å². The lowest BCUT2D eigenvalue weighted by Crippen LogP contribution is -2.00. The molecular formula is C24H20N2O4. The number of benzene rings is 3. The van der Waals surface area contributed by atoms with E-state index in [-0.39, 0.29) is 11.3 Å². The molecule has 0 atom stereocenters. The van der Waals surface area contributed by atoms with Crippen molar-refractivity contribution in [1.29, 1.82) is 0 Å². The van der Waals surface area contributed by atoms with E-state index in [0.29, 0.717) is 17.3 Å². The maximum atomic E-state index is 11.3. The number of aromatic nitrogens is 2. The fraction of sp³-hybridized carbons (Fsp3) is 0.125. The van der Waals surface area contributed by atoms with Crippen LogP contribution >= 0.6 is 0 Å². The minimum absolute atomic E-state index is 0.0763. The quantitative estimate of drug-likeness (QED) is 0.483. The largest absolute Gasteiger partial charge is 0.496 e. The molecule has 1 N–H and O–H groups in total. The van der Waals surface area contributed by atoms with Gasteiger partial charge < -0.3 is 14.4 Å².